The predicted molar refractivity (Wildman–Crippen MR) is 80.2 cm³/mol. The van der Waals surface area contributed by atoms with Crippen LogP contribution in [0.1, 0.15) is 10.4 Å². The summed E-state index contributed by atoms with van der Waals surface area (Å²) in [6.07, 6.45) is 0. The Morgan fingerprint density at radius 3 is 2.67 bits per heavy atom. The standard InChI is InChI=1S/C13H7BrClFN2O3/c14-7-1-3-10(16)9(5-7)13(19)17-11-6-8(15)2-4-12(11)18(20)21/h1-6H,(H,17,19). The van der Waals surface area contributed by atoms with E-state index in [1.807, 2.05) is 0 Å². The lowest BCUT2D eigenvalue weighted by Crippen LogP contribution is -2.14. The maximum Gasteiger partial charge on any atom is 0.292 e. The minimum Gasteiger partial charge on any atom is -0.316 e. The van der Waals surface area contributed by atoms with Crippen molar-refractivity contribution in [3.63, 3.8) is 0 Å². The Bertz CT molecular complexity index is 739. The number of nitro benzene ring substituents is 1. The highest BCUT2D eigenvalue weighted by molar-refractivity contribution is 9.10. The van der Waals surface area contributed by atoms with Gasteiger partial charge in [-0.05, 0) is 30.3 Å². The van der Waals surface area contributed by atoms with E-state index in [1.165, 1.54) is 24.3 Å². The fourth-order valence-corrected chi connectivity index (χ4v) is 2.16. The molecule has 0 saturated carbocycles. The Labute approximate surface area is 132 Å². The molecule has 0 aliphatic rings. The van der Waals surface area contributed by atoms with Crippen LogP contribution in [-0.2, 0) is 0 Å². The smallest absolute Gasteiger partial charge is 0.292 e. The second-order valence-corrected chi connectivity index (χ2v) is 5.35. The molecule has 108 valence electrons. The molecule has 0 heterocycles. The molecule has 0 aromatic heterocycles. The van der Waals surface area contributed by atoms with Gasteiger partial charge in [-0.15, -0.1) is 0 Å². The van der Waals surface area contributed by atoms with Crippen LogP contribution in [0.15, 0.2) is 40.9 Å². The van der Waals surface area contributed by atoms with Crippen molar-refractivity contribution in [1.82, 2.24) is 0 Å². The fourth-order valence-electron chi connectivity index (χ4n) is 1.63. The normalized spacial score (nSPS) is 10.2. The van der Waals surface area contributed by atoms with Crippen molar-refractivity contribution < 1.29 is 14.1 Å². The molecule has 0 radical (unpaired) electrons. The highest BCUT2D eigenvalue weighted by Crippen LogP contribution is 2.28. The molecule has 21 heavy (non-hydrogen) atoms. The molecular formula is C13H7BrClFN2O3. The summed E-state index contributed by atoms with van der Waals surface area (Å²) in [5.74, 6) is -1.54. The Balaban J connectivity index is 2.38. The Kier molecular flexibility index (Phi) is 4.54. The summed E-state index contributed by atoms with van der Waals surface area (Å²) in [5.41, 5.74) is -0.668. The molecule has 0 unspecified atom stereocenters. The van der Waals surface area contributed by atoms with Gasteiger partial charge in [-0.2, -0.15) is 0 Å². The van der Waals surface area contributed by atoms with Crippen molar-refractivity contribution in [2.75, 3.05) is 5.32 Å². The van der Waals surface area contributed by atoms with Gasteiger partial charge in [0.25, 0.3) is 11.6 Å². The summed E-state index contributed by atoms with van der Waals surface area (Å²) in [6, 6.07) is 7.55. The molecule has 0 spiro atoms. The summed E-state index contributed by atoms with van der Waals surface area (Å²) in [4.78, 5) is 22.3. The molecular weight excluding hydrogens is 367 g/mol. The van der Waals surface area contributed by atoms with E-state index < -0.39 is 16.6 Å². The molecule has 0 aliphatic heterocycles. The van der Waals surface area contributed by atoms with Crippen LogP contribution in [0.2, 0.25) is 5.02 Å². The van der Waals surface area contributed by atoms with E-state index in [2.05, 4.69) is 21.2 Å². The van der Waals surface area contributed by atoms with Gasteiger partial charge < -0.3 is 5.32 Å². The van der Waals surface area contributed by atoms with Crippen LogP contribution in [-0.4, -0.2) is 10.8 Å². The first kappa shape index (κ1) is 15.4. The molecule has 2 rings (SSSR count). The molecule has 0 bridgehead atoms. The minimum absolute atomic E-state index is 0.100. The van der Waals surface area contributed by atoms with Crippen LogP contribution in [0.25, 0.3) is 0 Å². The highest BCUT2D eigenvalue weighted by Gasteiger charge is 2.19. The minimum atomic E-state index is -0.806. The van der Waals surface area contributed by atoms with Crippen LogP contribution in [0.4, 0.5) is 15.8 Å². The number of anilines is 1. The van der Waals surface area contributed by atoms with Crippen LogP contribution in [0.5, 0.6) is 0 Å². The predicted octanol–water partition coefficient (Wildman–Crippen LogP) is 4.40. The topological polar surface area (TPSA) is 72.2 Å². The summed E-state index contributed by atoms with van der Waals surface area (Å²) >= 11 is 8.88. The van der Waals surface area contributed by atoms with Gasteiger partial charge in [0.15, 0.2) is 0 Å². The monoisotopic (exact) mass is 372 g/mol. The number of halogens is 3. The lowest BCUT2D eigenvalue weighted by atomic mass is 10.2. The number of nitrogens with zero attached hydrogens (tertiary/aromatic N) is 1. The summed E-state index contributed by atoms with van der Waals surface area (Å²) < 4.78 is 14.1. The Hall–Kier alpha value is -1.99. The third-order valence-corrected chi connectivity index (χ3v) is 3.30. The average molecular weight is 374 g/mol. The van der Waals surface area contributed by atoms with E-state index in [0.717, 1.165) is 12.1 Å². The molecule has 0 fully saturated rings. The van der Waals surface area contributed by atoms with Gasteiger partial charge in [0.1, 0.15) is 11.5 Å². The van der Waals surface area contributed by atoms with Gasteiger partial charge in [0.05, 0.1) is 10.5 Å². The molecule has 5 nitrogen and oxygen atoms in total. The number of hydrogen-bond acceptors (Lipinski definition) is 3. The first-order valence-electron chi connectivity index (χ1n) is 5.59. The maximum atomic E-state index is 13.6. The van der Waals surface area contributed by atoms with Gasteiger partial charge in [0.2, 0.25) is 0 Å². The molecule has 0 saturated heterocycles. The van der Waals surface area contributed by atoms with E-state index in [0.29, 0.717) is 4.47 Å². The van der Waals surface area contributed by atoms with Gasteiger partial charge in [0, 0.05) is 15.6 Å². The van der Waals surface area contributed by atoms with Crippen molar-refractivity contribution in [1.29, 1.82) is 0 Å². The molecule has 0 atom stereocenters. The quantitative estimate of drug-likeness (QED) is 0.640. The summed E-state index contributed by atoms with van der Waals surface area (Å²) in [7, 11) is 0. The van der Waals surface area contributed by atoms with Crippen LogP contribution >= 0.6 is 27.5 Å². The van der Waals surface area contributed by atoms with Gasteiger partial charge in [-0.1, -0.05) is 27.5 Å². The third kappa shape index (κ3) is 3.56. The lowest BCUT2D eigenvalue weighted by molar-refractivity contribution is -0.383. The van der Waals surface area contributed by atoms with Crippen molar-refractivity contribution in [3.8, 4) is 0 Å². The molecule has 2 aromatic rings. The van der Waals surface area contributed by atoms with Crippen LogP contribution in [0.3, 0.4) is 0 Å². The molecule has 1 N–H and O–H groups in total. The molecule has 1 amide bonds. The Morgan fingerprint density at radius 2 is 2.00 bits per heavy atom. The SMILES string of the molecule is O=C(Nc1cc(Cl)ccc1[N+](=O)[O-])c1cc(Br)ccc1F. The summed E-state index contributed by atoms with van der Waals surface area (Å²) in [5, 5.41) is 13.4. The number of carbonyl (C=O) groups excluding carboxylic acids is 1. The molecule has 2 aromatic carbocycles. The zero-order chi connectivity index (χ0) is 15.6. The van der Waals surface area contributed by atoms with Crippen molar-refractivity contribution >= 4 is 44.8 Å². The number of amides is 1. The zero-order valence-electron chi connectivity index (χ0n) is 10.3. The van der Waals surface area contributed by atoms with E-state index in [1.54, 1.807) is 0 Å². The fraction of sp³-hybridized carbons (Fsp3) is 0. The summed E-state index contributed by atoms with van der Waals surface area (Å²) in [6.45, 7) is 0. The average Bonchev–Trinajstić information content (AvgIpc) is 2.41. The maximum absolute atomic E-state index is 13.6. The third-order valence-electron chi connectivity index (χ3n) is 2.58. The number of nitro groups is 1. The molecule has 8 heteroatoms. The first-order chi connectivity index (χ1) is 9.88. The van der Waals surface area contributed by atoms with Gasteiger partial charge in [-0.25, -0.2) is 4.39 Å². The van der Waals surface area contributed by atoms with E-state index in [9.17, 15) is 19.3 Å². The first-order valence-corrected chi connectivity index (χ1v) is 6.76. The number of carbonyl (C=O) groups is 1. The largest absolute Gasteiger partial charge is 0.316 e. The number of nitrogens with one attached hydrogen (secondary N) is 1. The highest BCUT2D eigenvalue weighted by atomic mass is 79.9. The van der Waals surface area contributed by atoms with Crippen molar-refractivity contribution in [2.24, 2.45) is 0 Å². The number of benzene rings is 2. The number of hydrogen-bond donors (Lipinski definition) is 1. The van der Waals surface area contributed by atoms with E-state index in [4.69, 9.17) is 11.6 Å². The lowest BCUT2D eigenvalue weighted by Gasteiger charge is -2.07. The van der Waals surface area contributed by atoms with Crippen molar-refractivity contribution in [2.45, 2.75) is 0 Å². The van der Waals surface area contributed by atoms with Crippen molar-refractivity contribution in [3.05, 3.63) is 67.4 Å². The Morgan fingerprint density at radius 1 is 1.29 bits per heavy atom. The van der Waals surface area contributed by atoms with Crippen LogP contribution in [0, 0.1) is 15.9 Å². The number of rotatable bonds is 3. The van der Waals surface area contributed by atoms with Gasteiger partial charge in [-0.3, -0.25) is 14.9 Å². The molecule has 0 aliphatic carbocycles. The van der Waals surface area contributed by atoms with E-state index >= 15 is 0 Å². The van der Waals surface area contributed by atoms with Gasteiger partial charge >= 0.3 is 0 Å². The second-order valence-electron chi connectivity index (χ2n) is 4.00. The van der Waals surface area contributed by atoms with E-state index in [-0.39, 0.29) is 22.0 Å². The second kappa shape index (κ2) is 6.19. The van der Waals surface area contributed by atoms with Crippen LogP contribution < -0.4 is 5.32 Å². The zero-order valence-corrected chi connectivity index (χ0v) is 12.6.